The van der Waals surface area contributed by atoms with E-state index in [-0.39, 0.29) is 0 Å². The van der Waals surface area contributed by atoms with Gasteiger partial charge < -0.3 is 0 Å². The Labute approximate surface area is 184 Å². The van der Waals surface area contributed by atoms with Crippen molar-refractivity contribution in [1.82, 2.24) is 0 Å². The first-order valence-corrected chi connectivity index (χ1v) is 13.7. The Morgan fingerprint density at radius 2 is 0.560 bits per heavy atom. The summed E-state index contributed by atoms with van der Waals surface area (Å²) in [5.74, 6) is 0. The van der Waals surface area contributed by atoms with E-state index in [1.807, 2.05) is 121 Å². The first-order chi connectivity index (χ1) is 12.4. The van der Waals surface area contributed by atoms with E-state index < -0.39 is 17.0 Å². The van der Waals surface area contributed by atoms with E-state index in [9.17, 15) is 0 Å². The average molecular weight is 462 g/mol. The molecule has 25 heavy (non-hydrogen) atoms. The third-order valence-electron chi connectivity index (χ3n) is 2.22. The van der Waals surface area contributed by atoms with E-state index in [2.05, 4.69) is 9.30 Å². The van der Waals surface area contributed by atoms with Gasteiger partial charge in [-0.05, 0) is 0 Å². The van der Waals surface area contributed by atoms with Crippen molar-refractivity contribution >= 4 is 27.9 Å². The van der Waals surface area contributed by atoms with Gasteiger partial charge in [0.15, 0.2) is 0 Å². The molecule has 0 amide bonds. The van der Waals surface area contributed by atoms with Gasteiger partial charge in [-0.2, -0.15) is 72.8 Å². The summed E-state index contributed by atoms with van der Waals surface area (Å²) in [6, 6.07) is 40.0. The minimum absolute atomic E-state index is 0.556. The molecule has 0 aliphatic rings. The van der Waals surface area contributed by atoms with Crippen LogP contribution in [0.2, 0.25) is 0 Å². The second-order valence-electron chi connectivity index (χ2n) is 3.92. The molecule has 4 aromatic rings. The van der Waals surface area contributed by atoms with Crippen molar-refractivity contribution in [3.63, 3.8) is 0 Å². The molecule has 0 bridgehead atoms. The summed E-state index contributed by atoms with van der Waals surface area (Å²) >= 11 is 0.917. The maximum absolute atomic E-state index is 4.89. The molecule has 0 aromatic heterocycles. The zero-order valence-electron chi connectivity index (χ0n) is 13.7. The minimum Gasteiger partial charge on any atom is -0.214 e. The predicted molar refractivity (Wildman–Crippen MR) is 106 cm³/mol. The van der Waals surface area contributed by atoms with Crippen LogP contribution in [0.1, 0.15) is 0 Å². The van der Waals surface area contributed by atoms with E-state index in [0.717, 1.165) is 0 Å². The molecular weight excluding hydrogens is 442 g/mol. The third-order valence-corrected chi connectivity index (χ3v) is 2.22. The summed E-state index contributed by atoms with van der Waals surface area (Å²) in [5.41, 5.74) is 0. The molecule has 0 nitrogen and oxygen atoms in total. The molecule has 0 aliphatic heterocycles. The molecule has 4 rings (SSSR count). The topological polar surface area (TPSA) is 0 Å². The van der Waals surface area contributed by atoms with Gasteiger partial charge in [0.1, 0.15) is 0 Å². The van der Waals surface area contributed by atoms with E-state index in [1.165, 1.54) is 19.4 Å². The van der Waals surface area contributed by atoms with E-state index in [4.69, 9.17) is 18.6 Å². The molecule has 0 saturated carbocycles. The standard InChI is InChI=1S/4C5H5.3ClH.2Ti/c4*1-2-4-5-3-1;;;;;/h4*1-5H;3*1H;;/q4*-1;;;;+2;+4/p-3. The molecule has 0 unspecified atom stereocenters. The van der Waals surface area contributed by atoms with Crippen LogP contribution >= 0.6 is 27.9 Å². The summed E-state index contributed by atoms with van der Waals surface area (Å²) in [4.78, 5) is 0. The fourth-order valence-corrected chi connectivity index (χ4v) is 1.28. The summed E-state index contributed by atoms with van der Waals surface area (Å²) in [6.07, 6.45) is 0. The first-order valence-electron chi connectivity index (χ1n) is 7.23. The van der Waals surface area contributed by atoms with Gasteiger partial charge in [0.25, 0.3) is 0 Å². The van der Waals surface area contributed by atoms with Gasteiger partial charge in [-0.3, -0.25) is 0 Å². The van der Waals surface area contributed by atoms with E-state index >= 15 is 0 Å². The molecule has 4 aromatic carbocycles. The van der Waals surface area contributed by atoms with Crippen LogP contribution in [-0.4, -0.2) is 0 Å². The SMILES string of the molecule is [Cl][Ti+3].[Cl][Ti][Cl].c1cc[cH-]c1.c1cc[cH-]c1.c1cc[cH-]c1.c1cc[cH-]c1. The zero-order valence-corrected chi connectivity index (χ0v) is 19.1. The van der Waals surface area contributed by atoms with Crippen LogP contribution in [0.25, 0.3) is 0 Å². The molecule has 0 heterocycles. The predicted octanol–water partition coefficient (Wildman–Crippen LogP) is 7.69. The smallest absolute Gasteiger partial charge is 0.172 e. The van der Waals surface area contributed by atoms with Gasteiger partial charge in [0.05, 0.1) is 0 Å². The maximum Gasteiger partial charge on any atom is -0.172 e. The molecule has 0 fully saturated rings. The summed E-state index contributed by atoms with van der Waals surface area (Å²) in [5, 5.41) is 0. The Bertz CT molecular complexity index is 368. The first kappa shape index (κ1) is 26.9. The Balaban J connectivity index is 0. The van der Waals surface area contributed by atoms with Crippen molar-refractivity contribution < 1.29 is 36.4 Å². The summed E-state index contributed by atoms with van der Waals surface area (Å²) < 4.78 is 0. The Morgan fingerprint density at radius 1 is 0.440 bits per heavy atom. The molecule has 0 N–H and O–H groups in total. The van der Waals surface area contributed by atoms with Crippen molar-refractivity contribution in [2.24, 2.45) is 0 Å². The second kappa shape index (κ2) is 28.5. The monoisotopic (exact) mass is 461 g/mol. The van der Waals surface area contributed by atoms with Crippen LogP contribution in [0.3, 0.4) is 0 Å². The summed E-state index contributed by atoms with van der Waals surface area (Å²) in [6.45, 7) is 0. The minimum atomic E-state index is -0.556. The van der Waals surface area contributed by atoms with Crippen molar-refractivity contribution in [3.8, 4) is 0 Å². The molecular formula is C20H20Cl3Ti2-. The van der Waals surface area contributed by atoms with Gasteiger partial charge in [-0.25, -0.2) is 48.5 Å². The van der Waals surface area contributed by atoms with Crippen LogP contribution in [0.5, 0.6) is 0 Å². The second-order valence-corrected chi connectivity index (χ2v) is 6.50. The van der Waals surface area contributed by atoms with Crippen LogP contribution < -0.4 is 0 Å². The fraction of sp³-hybridized carbons (Fsp3) is 0. The molecule has 130 valence electrons. The number of rotatable bonds is 0. The largest absolute Gasteiger partial charge is 0.214 e. The van der Waals surface area contributed by atoms with Crippen LogP contribution in [0.4, 0.5) is 0 Å². The maximum atomic E-state index is 4.89. The third kappa shape index (κ3) is 28.8. The van der Waals surface area contributed by atoms with Gasteiger partial charge in [-0.1, -0.05) is 0 Å². The van der Waals surface area contributed by atoms with Crippen LogP contribution in [-0.2, 0) is 36.4 Å². The normalized spacial score (nSPS) is 7.24. The van der Waals surface area contributed by atoms with Crippen molar-refractivity contribution in [3.05, 3.63) is 121 Å². The van der Waals surface area contributed by atoms with Gasteiger partial charge in [-0.15, -0.1) is 0 Å². The molecule has 0 aliphatic carbocycles. The molecule has 0 radical (unpaired) electrons. The Kier molecular flexibility index (Phi) is 30.7. The number of hydrogen-bond donors (Lipinski definition) is 0. The Hall–Kier alpha value is -0.301. The molecule has 0 atom stereocenters. The van der Waals surface area contributed by atoms with Gasteiger partial charge in [0, 0.05) is 0 Å². The molecule has 0 spiro atoms. The van der Waals surface area contributed by atoms with E-state index in [0.29, 0.717) is 0 Å². The van der Waals surface area contributed by atoms with Crippen LogP contribution in [0.15, 0.2) is 121 Å². The number of hydrogen-bond acceptors (Lipinski definition) is 0. The number of halogens is 3. The van der Waals surface area contributed by atoms with Gasteiger partial charge >= 0.3 is 64.3 Å². The van der Waals surface area contributed by atoms with Crippen molar-refractivity contribution in [1.29, 1.82) is 0 Å². The molecule has 0 saturated heterocycles. The average Bonchev–Trinajstić information content (AvgIpc) is 3.50. The quantitative estimate of drug-likeness (QED) is 0.186. The Morgan fingerprint density at radius 3 is 0.600 bits per heavy atom. The van der Waals surface area contributed by atoms with Crippen LogP contribution in [0, 0.1) is 0 Å². The van der Waals surface area contributed by atoms with Crippen molar-refractivity contribution in [2.75, 3.05) is 0 Å². The van der Waals surface area contributed by atoms with Crippen molar-refractivity contribution in [2.45, 2.75) is 0 Å². The van der Waals surface area contributed by atoms with Gasteiger partial charge in [0.2, 0.25) is 0 Å². The van der Waals surface area contributed by atoms with E-state index in [1.54, 1.807) is 0 Å². The summed E-state index contributed by atoms with van der Waals surface area (Å²) in [7, 11) is 14.4. The fourth-order valence-electron chi connectivity index (χ4n) is 1.28. The zero-order chi connectivity index (χ0) is 18.8. The molecule has 5 heteroatoms.